The average Bonchev–Trinajstić information content (AvgIpc) is 2.84. The molecule has 2 N–H and O–H groups in total. The number of nitrogens with two attached hydrogens (primary N) is 1. The molecule has 1 aromatic carbocycles. The Labute approximate surface area is 105 Å². The highest BCUT2D eigenvalue weighted by molar-refractivity contribution is 5.59. The van der Waals surface area contributed by atoms with Gasteiger partial charge in [-0.2, -0.15) is 0 Å². The molecule has 2 aromatic heterocycles. The predicted octanol–water partition coefficient (Wildman–Crippen LogP) is 1.90. The van der Waals surface area contributed by atoms with E-state index in [-0.39, 0.29) is 0 Å². The van der Waals surface area contributed by atoms with Gasteiger partial charge in [0.2, 0.25) is 0 Å². The number of pyridine rings is 1. The molecule has 0 fully saturated rings. The molecule has 0 aliphatic carbocycles. The van der Waals surface area contributed by atoms with E-state index in [0.29, 0.717) is 6.54 Å². The SMILES string of the molecule is NCCc1ccc(-c2nnc3ccccn23)cc1. The van der Waals surface area contributed by atoms with Crippen LogP contribution in [0.2, 0.25) is 0 Å². The molecule has 0 radical (unpaired) electrons. The first-order valence-corrected chi connectivity index (χ1v) is 5.97. The molecular weight excluding hydrogens is 224 g/mol. The monoisotopic (exact) mass is 238 g/mol. The Hall–Kier alpha value is -2.20. The number of aromatic nitrogens is 3. The summed E-state index contributed by atoms with van der Waals surface area (Å²) >= 11 is 0. The molecule has 0 spiro atoms. The Morgan fingerprint density at radius 2 is 1.83 bits per heavy atom. The zero-order chi connectivity index (χ0) is 12.4. The van der Waals surface area contributed by atoms with Gasteiger partial charge >= 0.3 is 0 Å². The first-order valence-electron chi connectivity index (χ1n) is 5.97. The Bertz CT molecular complexity index is 655. The van der Waals surface area contributed by atoms with Crippen molar-refractivity contribution in [3.8, 4) is 11.4 Å². The lowest BCUT2D eigenvalue weighted by Gasteiger charge is -2.02. The van der Waals surface area contributed by atoms with Crippen LogP contribution in [0.3, 0.4) is 0 Å². The van der Waals surface area contributed by atoms with Crippen LogP contribution in [-0.4, -0.2) is 21.1 Å². The van der Waals surface area contributed by atoms with Crippen LogP contribution in [0.4, 0.5) is 0 Å². The predicted molar refractivity (Wildman–Crippen MR) is 71.2 cm³/mol. The van der Waals surface area contributed by atoms with E-state index in [1.54, 1.807) is 0 Å². The molecular formula is C14H14N4. The van der Waals surface area contributed by atoms with Gasteiger partial charge in [0.05, 0.1) is 0 Å². The molecule has 0 bridgehead atoms. The van der Waals surface area contributed by atoms with E-state index in [9.17, 15) is 0 Å². The van der Waals surface area contributed by atoms with E-state index in [1.165, 1.54) is 5.56 Å². The molecule has 2 heterocycles. The number of hydrogen-bond donors (Lipinski definition) is 1. The van der Waals surface area contributed by atoms with Gasteiger partial charge in [-0.25, -0.2) is 0 Å². The van der Waals surface area contributed by atoms with Gasteiger partial charge in [0.25, 0.3) is 0 Å². The molecule has 0 atom stereocenters. The van der Waals surface area contributed by atoms with Crippen LogP contribution in [0, 0.1) is 0 Å². The lowest BCUT2D eigenvalue weighted by molar-refractivity contribution is 0.968. The third kappa shape index (κ3) is 1.87. The van der Waals surface area contributed by atoms with E-state index in [1.807, 2.05) is 28.8 Å². The van der Waals surface area contributed by atoms with Crippen LogP contribution in [0.5, 0.6) is 0 Å². The van der Waals surface area contributed by atoms with E-state index in [0.717, 1.165) is 23.5 Å². The standard InChI is InChI=1S/C14H14N4/c15-9-8-11-4-6-12(7-5-11)14-17-16-13-3-1-2-10-18(13)14/h1-7,10H,8-9,15H2. The molecule has 0 unspecified atom stereocenters. The molecule has 0 aliphatic heterocycles. The molecule has 4 nitrogen and oxygen atoms in total. The molecule has 3 aromatic rings. The summed E-state index contributed by atoms with van der Waals surface area (Å²) in [5, 5.41) is 8.38. The Morgan fingerprint density at radius 1 is 1.00 bits per heavy atom. The summed E-state index contributed by atoms with van der Waals surface area (Å²) in [6, 6.07) is 14.2. The fourth-order valence-electron chi connectivity index (χ4n) is 2.03. The number of rotatable bonds is 3. The highest BCUT2D eigenvalue weighted by Crippen LogP contribution is 2.18. The second kappa shape index (κ2) is 4.58. The molecule has 4 heteroatoms. The minimum absolute atomic E-state index is 0.674. The minimum Gasteiger partial charge on any atom is -0.330 e. The number of benzene rings is 1. The normalized spacial score (nSPS) is 10.9. The summed E-state index contributed by atoms with van der Waals surface area (Å²) in [5.74, 6) is 0.866. The highest BCUT2D eigenvalue weighted by atomic mass is 15.2. The van der Waals surface area contributed by atoms with Crippen molar-refractivity contribution < 1.29 is 0 Å². The summed E-state index contributed by atoms with van der Waals surface area (Å²) in [5.41, 5.74) is 8.71. The molecule has 0 saturated carbocycles. The van der Waals surface area contributed by atoms with Gasteiger partial charge in [-0.3, -0.25) is 4.40 Å². The van der Waals surface area contributed by atoms with Crippen molar-refractivity contribution in [2.45, 2.75) is 6.42 Å². The number of fused-ring (bicyclic) bond motifs is 1. The van der Waals surface area contributed by atoms with Gasteiger partial charge in [0.15, 0.2) is 11.5 Å². The number of hydrogen-bond acceptors (Lipinski definition) is 3. The van der Waals surface area contributed by atoms with E-state index < -0.39 is 0 Å². The minimum atomic E-state index is 0.674. The van der Waals surface area contributed by atoms with Gasteiger partial charge in [0.1, 0.15) is 0 Å². The first-order chi connectivity index (χ1) is 8.88. The van der Waals surface area contributed by atoms with Crippen molar-refractivity contribution >= 4 is 5.65 Å². The van der Waals surface area contributed by atoms with Crippen molar-refractivity contribution in [2.75, 3.05) is 6.54 Å². The van der Waals surface area contributed by atoms with Crippen LogP contribution >= 0.6 is 0 Å². The van der Waals surface area contributed by atoms with Crippen molar-refractivity contribution in [2.24, 2.45) is 5.73 Å². The smallest absolute Gasteiger partial charge is 0.168 e. The van der Waals surface area contributed by atoms with Crippen LogP contribution in [0.15, 0.2) is 48.7 Å². The summed E-state index contributed by atoms with van der Waals surface area (Å²) in [4.78, 5) is 0. The molecule has 90 valence electrons. The summed E-state index contributed by atoms with van der Waals surface area (Å²) in [7, 11) is 0. The topological polar surface area (TPSA) is 56.2 Å². The van der Waals surface area contributed by atoms with Gasteiger partial charge < -0.3 is 5.73 Å². The number of nitrogens with zero attached hydrogens (tertiary/aromatic N) is 3. The zero-order valence-electron chi connectivity index (χ0n) is 9.95. The van der Waals surface area contributed by atoms with Crippen LogP contribution in [-0.2, 0) is 6.42 Å². The third-order valence-electron chi connectivity index (χ3n) is 2.96. The molecule has 18 heavy (non-hydrogen) atoms. The van der Waals surface area contributed by atoms with E-state index in [2.05, 4.69) is 34.5 Å². The Morgan fingerprint density at radius 3 is 2.61 bits per heavy atom. The largest absolute Gasteiger partial charge is 0.330 e. The average molecular weight is 238 g/mol. The summed E-state index contributed by atoms with van der Waals surface area (Å²) in [6.45, 7) is 0.674. The lowest BCUT2D eigenvalue weighted by atomic mass is 10.1. The van der Waals surface area contributed by atoms with E-state index >= 15 is 0 Å². The van der Waals surface area contributed by atoms with E-state index in [4.69, 9.17) is 5.73 Å². The van der Waals surface area contributed by atoms with Crippen molar-refractivity contribution in [3.63, 3.8) is 0 Å². The van der Waals surface area contributed by atoms with Crippen molar-refractivity contribution in [1.29, 1.82) is 0 Å². The Balaban J connectivity index is 2.03. The van der Waals surface area contributed by atoms with Gasteiger partial charge in [-0.15, -0.1) is 10.2 Å². The highest BCUT2D eigenvalue weighted by Gasteiger charge is 2.06. The fraction of sp³-hybridized carbons (Fsp3) is 0.143. The second-order valence-electron chi connectivity index (χ2n) is 4.19. The summed E-state index contributed by atoms with van der Waals surface area (Å²) in [6.07, 6.45) is 2.87. The fourth-order valence-corrected chi connectivity index (χ4v) is 2.03. The maximum absolute atomic E-state index is 5.54. The van der Waals surface area contributed by atoms with Crippen molar-refractivity contribution in [3.05, 3.63) is 54.2 Å². The van der Waals surface area contributed by atoms with Gasteiger partial charge in [-0.05, 0) is 30.7 Å². The molecule has 0 saturated heterocycles. The third-order valence-corrected chi connectivity index (χ3v) is 2.96. The van der Waals surface area contributed by atoms with Crippen LogP contribution < -0.4 is 5.73 Å². The maximum atomic E-state index is 5.54. The lowest BCUT2D eigenvalue weighted by Crippen LogP contribution is -2.02. The quantitative estimate of drug-likeness (QED) is 0.758. The van der Waals surface area contributed by atoms with Gasteiger partial charge in [0, 0.05) is 11.8 Å². The first kappa shape index (κ1) is 10.9. The molecule has 0 aliphatic rings. The summed E-state index contributed by atoms with van der Waals surface area (Å²) < 4.78 is 1.98. The maximum Gasteiger partial charge on any atom is 0.168 e. The molecule has 3 rings (SSSR count). The second-order valence-corrected chi connectivity index (χ2v) is 4.19. The van der Waals surface area contributed by atoms with Gasteiger partial charge in [-0.1, -0.05) is 30.3 Å². The molecule has 0 amide bonds. The zero-order valence-corrected chi connectivity index (χ0v) is 9.95. The van der Waals surface area contributed by atoms with Crippen molar-refractivity contribution in [1.82, 2.24) is 14.6 Å². The van der Waals surface area contributed by atoms with Crippen LogP contribution in [0.25, 0.3) is 17.0 Å². The Kier molecular flexibility index (Phi) is 2.78. The van der Waals surface area contributed by atoms with Crippen LogP contribution in [0.1, 0.15) is 5.56 Å².